The van der Waals surface area contributed by atoms with Gasteiger partial charge in [-0.1, -0.05) is 17.8 Å². The lowest BCUT2D eigenvalue weighted by Crippen LogP contribution is -2.46. The van der Waals surface area contributed by atoms with Gasteiger partial charge in [-0.25, -0.2) is 0 Å². The molecule has 192 valence electrons. The molecule has 2 fully saturated rings. The molecule has 0 spiro atoms. The number of hydrogen-bond donors (Lipinski definition) is 2. The summed E-state index contributed by atoms with van der Waals surface area (Å²) in [6.45, 7) is 4.72. The Hall–Kier alpha value is -3.25. The van der Waals surface area contributed by atoms with E-state index in [4.69, 9.17) is 9.47 Å². The van der Waals surface area contributed by atoms with E-state index in [0.717, 1.165) is 43.8 Å². The Morgan fingerprint density at radius 1 is 1.00 bits per heavy atom. The monoisotopic (exact) mass is 514 g/mol. The molecule has 0 unspecified atom stereocenters. The number of rotatable bonds is 7. The molecule has 0 aliphatic carbocycles. The zero-order chi connectivity index (χ0) is 24.9. The number of likely N-dealkylation sites (tertiary alicyclic amines) is 2. The Labute approximate surface area is 213 Å². The molecule has 1 atom stereocenters. The van der Waals surface area contributed by atoms with Gasteiger partial charge in [-0.2, -0.15) is 0 Å². The second-order valence-corrected chi connectivity index (χ2v) is 10.2. The highest BCUT2D eigenvalue weighted by molar-refractivity contribution is 7.15. The topological polar surface area (TPSA) is 126 Å². The molecular weight excluding hydrogens is 484 g/mol. The summed E-state index contributed by atoms with van der Waals surface area (Å²) in [4.78, 5) is 42.4. The van der Waals surface area contributed by atoms with Crippen molar-refractivity contribution in [3.05, 3.63) is 28.2 Å². The summed E-state index contributed by atoms with van der Waals surface area (Å²) in [5, 5.41) is 13.9. The fourth-order valence-corrected chi connectivity index (χ4v) is 5.44. The Bertz CT molecular complexity index is 1120. The molecular formula is C24H30N6O5S. The van der Waals surface area contributed by atoms with Crippen molar-refractivity contribution in [1.29, 1.82) is 0 Å². The number of anilines is 1. The third-order valence-corrected chi connectivity index (χ3v) is 7.60. The van der Waals surface area contributed by atoms with E-state index in [-0.39, 0.29) is 34.5 Å². The summed E-state index contributed by atoms with van der Waals surface area (Å²) < 4.78 is 10.6. The summed E-state index contributed by atoms with van der Waals surface area (Å²) in [6.07, 6.45) is 5.22. The van der Waals surface area contributed by atoms with Crippen LogP contribution in [0.25, 0.3) is 0 Å². The molecule has 2 N–H and O–H groups in total. The number of piperidine rings is 2. The molecule has 36 heavy (non-hydrogen) atoms. The van der Waals surface area contributed by atoms with Gasteiger partial charge in [0.2, 0.25) is 22.7 Å². The van der Waals surface area contributed by atoms with Crippen LogP contribution in [0.2, 0.25) is 0 Å². The van der Waals surface area contributed by atoms with Gasteiger partial charge in [0.1, 0.15) is 0 Å². The Morgan fingerprint density at radius 3 is 2.67 bits per heavy atom. The summed E-state index contributed by atoms with van der Waals surface area (Å²) >= 11 is 0.939. The van der Waals surface area contributed by atoms with Crippen molar-refractivity contribution in [1.82, 2.24) is 25.3 Å². The number of aromatic nitrogens is 2. The fourth-order valence-electron chi connectivity index (χ4n) is 4.74. The van der Waals surface area contributed by atoms with E-state index in [1.807, 2.05) is 0 Å². The lowest BCUT2D eigenvalue weighted by atomic mass is 9.97. The van der Waals surface area contributed by atoms with Gasteiger partial charge in [-0.15, -0.1) is 10.2 Å². The molecule has 3 aliphatic heterocycles. The molecule has 12 heteroatoms. The maximum atomic E-state index is 13.0. The molecule has 11 nitrogen and oxygen atoms in total. The minimum atomic E-state index is -0.463. The van der Waals surface area contributed by atoms with E-state index in [1.165, 1.54) is 19.3 Å². The van der Waals surface area contributed by atoms with Crippen molar-refractivity contribution in [3.8, 4) is 11.5 Å². The van der Waals surface area contributed by atoms with Crippen molar-refractivity contribution in [3.63, 3.8) is 0 Å². The van der Waals surface area contributed by atoms with Crippen LogP contribution in [0.15, 0.2) is 18.2 Å². The van der Waals surface area contributed by atoms with Crippen molar-refractivity contribution in [2.45, 2.75) is 32.1 Å². The molecule has 3 aliphatic rings. The molecule has 4 heterocycles. The first-order chi connectivity index (χ1) is 17.6. The lowest BCUT2D eigenvalue weighted by Gasteiger charge is -2.32. The van der Waals surface area contributed by atoms with Gasteiger partial charge >= 0.3 is 0 Å². The van der Waals surface area contributed by atoms with Gasteiger partial charge < -0.3 is 29.9 Å². The predicted molar refractivity (Wildman–Crippen MR) is 132 cm³/mol. The molecule has 1 aromatic heterocycles. The largest absolute Gasteiger partial charge is 0.454 e. The van der Waals surface area contributed by atoms with Crippen molar-refractivity contribution in [2.75, 3.05) is 51.4 Å². The molecule has 0 bridgehead atoms. The fraction of sp³-hybridized carbons (Fsp3) is 0.542. The summed E-state index contributed by atoms with van der Waals surface area (Å²) in [5.74, 6) is 0.148. The summed E-state index contributed by atoms with van der Waals surface area (Å²) in [5.41, 5.74) is 0.525. The summed E-state index contributed by atoms with van der Waals surface area (Å²) in [7, 11) is 0. The van der Waals surface area contributed by atoms with Crippen molar-refractivity contribution >= 4 is 34.7 Å². The number of ether oxygens (including phenoxy) is 2. The van der Waals surface area contributed by atoms with Gasteiger partial charge in [0.05, 0.1) is 5.92 Å². The number of hydrogen-bond acceptors (Lipinski definition) is 9. The number of nitrogens with zero attached hydrogens (tertiary/aromatic N) is 4. The van der Waals surface area contributed by atoms with Crippen LogP contribution in [-0.4, -0.2) is 83.8 Å². The SMILES string of the molecule is O=C(Nc1ccc2c(c1)OCO2)c1nnc(C(=O)N2CCC[C@H](C(=O)NCCN3CCCCC3)C2)s1. The molecule has 1 aromatic carbocycles. The Kier molecular flexibility index (Phi) is 7.61. The number of amides is 3. The highest BCUT2D eigenvalue weighted by Crippen LogP contribution is 2.34. The van der Waals surface area contributed by atoms with E-state index < -0.39 is 5.91 Å². The van der Waals surface area contributed by atoms with Gasteiger partial charge in [-0.05, 0) is 50.9 Å². The first-order valence-electron chi connectivity index (χ1n) is 12.4. The van der Waals surface area contributed by atoms with Crippen LogP contribution < -0.4 is 20.1 Å². The molecule has 0 saturated carbocycles. The van der Waals surface area contributed by atoms with Gasteiger partial charge in [0.15, 0.2) is 11.5 Å². The van der Waals surface area contributed by atoms with E-state index in [0.29, 0.717) is 36.8 Å². The second-order valence-electron chi connectivity index (χ2n) is 9.22. The highest BCUT2D eigenvalue weighted by atomic mass is 32.1. The van der Waals surface area contributed by atoms with Crippen LogP contribution in [0.3, 0.4) is 0 Å². The number of fused-ring (bicyclic) bond motifs is 1. The third-order valence-electron chi connectivity index (χ3n) is 6.69. The Morgan fingerprint density at radius 2 is 1.81 bits per heavy atom. The molecule has 3 amide bonds. The predicted octanol–water partition coefficient (Wildman–Crippen LogP) is 1.97. The molecule has 2 saturated heterocycles. The smallest absolute Gasteiger partial charge is 0.286 e. The molecule has 0 radical (unpaired) electrons. The van der Waals surface area contributed by atoms with Gasteiger partial charge in [-0.3, -0.25) is 14.4 Å². The minimum absolute atomic E-state index is 0.00874. The van der Waals surface area contributed by atoms with Crippen LogP contribution in [0, 0.1) is 5.92 Å². The quantitative estimate of drug-likeness (QED) is 0.575. The number of nitrogens with one attached hydrogen (secondary N) is 2. The number of carbonyl (C=O) groups is 3. The molecule has 2 aromatic rings. The van der Waals surface area contributed by atoms with Crippen LogP contribution >= 0.6 is 11.3 Å². The average molecular weight is 515 g/mol. The van der Waals surface area contributed by atoms with Crippen LogP contribution in [0.1, 0.15) is 51.7 Å². The zero-order valence-electron chi connectivity index (χ0n) is 20.0. The van der Waals surface area contributed by atoms with E-state index in [2.05, 4.69) is 25.7 Å². The maximum absolute atomic E-state index is 13.0. The lowest BCUT2D eigenvalue weighted by molar-refractivity contribution is -0.126. The van der Waals surface area contributed by atoms with Crippen LogP contribution in [-0.2, 0) is 4.79 Å². The highest BCUT2D eigenvalue weighted by Gasteiger charge is 2.31. The maximum Gasteiger partial charge on any atom is 0.286 e. The number of carbonyl (C=O) groups excluding carboxylic acids is 3. The average Bonchev–Trinajstić information content (AvgIpc) is 3.59. The first-order valence-corrected chi connectivity index (χ1v) is 13.2. The van der Waals surface area contributed by atoms with E-state index >= 15 is 0 Å². The van der Waals surface area contributed by atoms with E-state index in [1.54, 1.807) is 23.1 Å². The third kappa shape index (κ3) is 5.76. The first kappa shape index (κ1) is 24.4. The van der Waals surface area contributed by atoms with Gasteiger partial charge in [0, 0.05) is 37.9 Å². The van der Waals surface area contributed by atoms with Crippen molar-refractivity contribution < 1.29 is 23.9 Å². The van der Waals surface area contributed by atoms with Crippen LogP contribution in [0.4, 0.5) is 5.69 Å². The standard InChI is InChI=1S/C24H30N6O5S/c31-20(25-8-12-29-9-2-1-3-10-29)16-5-4-11-30(14-16)24(33)23-28-27-22(36-23)21(32)26-17-6-7-18-19(13-17)35-15-34-18/h6-7,13,16H,1-5,8-12,14-15H2,(H,25,31)(H,26,32)/t16-/m0/s1. The van der Waals surface area contributed by atoms with Crippen molar-refractivity contribution in [2.24, 2.45) is 5.92 Å². The second kappa shape index (κ2) is 11.2. The van der Waals surface area contributed by atoms with E-state index in [9.17, 15) is 14.4 Å². The summed E-state index contributed by atoms with van der Waals surface area (Å²) in [6, 6.07) is 5.08. The van der Waals surface area contributed by atoms with Gasteiger partial charge in [0.25, 0.3) is 11.8 Å². The minimum Gasteiger partial charge on any atom is -0.454 e. The Balaban J connectivity index is 1.12. The zero-order valence-corrected chi connectivity index (χ0v) is 20.8. The normalized spacial score (nSPS) is 19.7. The number of benzene rings is 1. The van der Waals surface area contributed by atoms with Crippen LogP contribution in [0.5, 0.6) is 11.5 Å². The molecule has 5 rings (SSSR count).